The largest absolute Gasteiger partial charge is 0.497 e. The molecule has 0 bridgehead atoms. The van der Waals surface area contributed by atoms with Crippen molar-refractivity contribution in [2.24, 2.45) is 0 Å². The Morgan fingerprint density at radius 2 is 1.76 bits per heavy atom. The SMILES string of the molecule is Cc1c(Cc2ccc(F)c(C(=O)N3CCC([N+]4(OC(=O)C(F)(F)F)CCCCC4)CC3)c2)n[nH]c(=O)c1C. The van der Waals surface area contributed by atoms with Gasteiger partial charge in [0.2, 0.25) is 0 Å². The summed E-state index contributed by atoms with van der Waals surface area (Å²) in [7, 11) is 0. The van der Waals surface area contributed by atoms with Gasteiger partial charge in [-0.1, -0.05) is 6.07 Å². The van der Waals surface area contributed by atoms with Gasteiger partial charge >= 0.3 is 12.1 Å². The van der Waals surface area contributed by atoms with Gasteiger partial charge in [0.1, 0.15) is 24.9 Å². The lowest BCUT2D eigenvalue weighted by molar-refractivity contribution is -1.11. The van der Waals surface area contributed by atoms with Gasteiger partial charge in [0.25, 0.3) is 11.5 Å². The standard InChI is InChI=1S/C26H30F4N4O4/c1-16-17(2)23(35)32-31-22(16)15-18-6-7-21(27)20(14-18)24(36)33-10-8-19(9-11-33)34(12-4-3-5-13-34)38-25(37)26(28,29)30/h6-7,14,19H,3-5,8-13,15H2,1-2H3/p+1. The first-order valence-corrected chi connectivity index (χ1v) is 12.7. The third kappa shape index (κ3) is 5.74. The van der Waals surface area contributed by atoms with E-state index in [0.717, 1.165) is 6.42 Å². The van der Waals surface area contributed by atoms with Crippen LogP contribution in [0.5, 0.6) is 0 Å². The molecule has 38 heavy (non-hydrogen) atoms. The van der Waals surface area contributed by atoms with E-state index in [1.807, 2.05) is 0 Å². The number of hydroxylamine groups is 3. The first-order chi connectivity index (χ1) is 17.9. The Labute approximate surface area is 217 Å². The fraction of sp³-hybridized carbons (Fsp3) is 0.538. The van der Waals surface area contributed by atoms with Gasteiger partial charge in [0, 0.05) is 50.8 Å². The molecule has 2 saturated heterocycles. The molecule has 1 N–H and O–H groups in total. The molecule has 2 aromatic rings. The highest BCUT2D eigenvalue weighted by Crippen LogP contribution is 2.33. The molecule has 8 nitrogen and oxygen atoms in total. The van der Waals surface area contributed by atoms with Crippen LogP contribution in [-0.2, 0) is 16.1 Å². The van der Waals surface area contributed by atoms with Gasteiger partial charge in [-0.25, -0.2) is 14.3 Å². The molecule has 0 saturated carbocycles. The molecule has 2 fully saturated rings. The van der Waals surface area contributed by atoms with Gasteiger partial charge in [0.15, 0.2) is 0 Å². The number of rotatable bonds is 5. The average Bonchev–Trinajstić information content (AvgIpc) is 2.89. The molecular weight excluding hydrogens is 508 g/mol. The first-order valence-electron chi connectivity index (χ1n) is 12.7. The van der Waals surface area contributed by atoms with Gasteiger partial charge < -0.3 is 4.90 Å². The summed E-state index contributed by atoms with van der Waals surface area (Å²) >= 11 is 0. The lowest BCUT2D eigenvalue weighted by atomic mass is 9.97. The molecular formula is C26H31F4N4O4+. The van der Waals surface area contributed by atoms with E-state index in [-0.39, 0.29) is 41.3 Å². The molecule has 0 spiro atoms. The second kappa shape index (κ2) is 10.8. The van der Waals surface area contributed by atoms with Crippen molar-refractivity contribution in [3.63, 3.8) is 0 Å². The number of amides is 1. The van der Waals surface area contributed by atoms with Crippen LogP contribution in [0.2, 0.25) is 0 Å². The Bertz CT molecular complexity index is 1260. The average molecular weight is 540 g/mol. The Morgan fingerprint density at radius 3 is 2.39 bits per heavy atom. The van der Waals surface area contributed by atoms with E-state index < -0.39 is 23.9 Å². The lowest BCUT2D eigenvalue weighted by Crippen LogP contribution is -2.62. The summed E-state index contributed by atoms with van der Waals surface area (Å²) in [6.07, 6.45) is -1.99. The molecule has 1 amide bonds. The van der Waals surface area contributed by atoms with Crippen LogP contribution in [0.25, 0.3) is 0 Å². The number of aromatic nitrogens is 2. The summed E-state index contributed by atoms with van der Waals surface area (Å²) in [5.41, 5.74) is 2.11. The number of nitrogens with one attached hydrogen (secondary N) is 1. The molecule has 0 radical (unpaired) electrons. The second-order valence-electron chi connectivity index (χ2n) is 10.1. The number of aromatic amines is 1. The molecule has 2 aliphatic heterocycles. The van der Waals surface area contributed by atoms with Gasteiger partial charge in [0.05, 0.1) is 11.3 Å². The van der Waals surface area contributed by atoms with Crippen LogP contribution in [0.4, 0.5) is 17.6 Å². The number of alkyl halides is 3. The summed E-state index contributed by atoms with van der Waals surface area (Å²) in [6.45, 7) is 4.47. The van der Waals surface area contributed by atoms with E-state index in [0.29, 0.717) is 61.2 Å². The topological polar surface area (TPSA) is 92.4 Å². The van der Waals surface area contributed by atoms with Crippen molar-refractivity contribution < 1.29 is 36.6 Å². The van der Waals surface area contributed by atoms with Crippen LogP contribution < -0.4 is 5.56 Å². The molecule has 4 rings (SSSR count). The fourth-order valence-corrected chi connectivity index (χ4v) is 5.39. The van der Waals surface area contributed by atoms with Crippen molar-refractivity contribution >= 4 is 11.9 Å². The van der Waals surface area contributed by atoms with E-state index in [4.69, 9.17) is 4.84 Å². The quantitative estimate of drug-likeness (QED) is 0.462. The molecule has 206 valence electrons. The lowest BCUT2D eigenvalue weighted by Gasteiger charge is -2.45. The van der Waals surface area contributed by atoms with Crippen LogP contribution >= 0.6 is 0 Å². The van der Waals surface area contributed by atoms with Crippen molar-refractivity contribution in [2.75, 3.05) is 26.2 Å². The van der Waals surface area contributed by atoms with Crippen molar-refractivity contribution in [1.82, 2.24) is 15.1 Å². The number of halogens is 4. The number of piperidine rings is 2. The highest BCUT2D eigenvalue weighted by molar-refractivity contribution is 5.94. The van der Waals surface area contributed by atoms with Crippen LogP contribution in [-0.4, -0.2) is 70.0 Å². The first kappa shape index (κ1) is 27.7. The van der Waals surface area contributed by atoms with Crippen LogP contribution in [0.15, 0.2) is 23.0 Å². The highest BCUT2D eigenvalue weighted by Gasteiger charge is 2.51. The third-order valence-electron chi connectivity index (χ3n) is 7.75. The van der Waals surface area contributed by atoms with Gasteiger partial charge in [-0.15, -0.1) is 4.65 Å². The minimum absolute atomic E-state index is 0.106. The van der Waals surface area contributed by atoms with Gasteiger partial charge in [-0.2, -0.15) is 18.3 Å². The number of hydrogen-bond donors (Lipinski definition) is 1. The molecule has 12 heteroatoms. The van der Waals surface area contributed by atoms with E-state index in [9.17, 15) is 31.9 Å². The number of carbonyl (C=O) groups is 2. The van der Waals surface area contributed by atoms with Crippen molar-refractivity contribution in [3.8, 4) is 0 Å². The number of carbonyl (C=O) groups excluding carboxylic acids is 2. The molecule has 0 aliphatic carbocycles. The highest BCUT2D eigenvalue weighted by atomic mass is 19.4. The Morgan fingerprint density at radius 1 is 1.11 bits per heavy atom. The van der Waals surface area contributed by atoms with E-state index in [1.165, 1.54) is 17.0 Å². The summed E-state index contributed by atoms with van der Waals surface area (Å²) in [5, 5.41) is 6.51. The van der Waals surface area contributed by atoms with Gasteiger partial charge in [-0.05, 0) is 43.5 Å². The van der Waals surface area contributed by atoms with Crippen LogP contribution in [0.3, 0.4) is 0 Å². The molecule has 2 aliphatic rings. The van der Waals surface area contributed by atoms with Crippen molar-refractivity contribution in [3.05, 3.63) is 62.3 Å². The minimum atomic E-state index is -5.08. The van der Waals surface area contributed by atoms with E-state index in [2.05, 4.69) is 10.2 Å². The summed E-state index contributed by atoms with van der Waals surface area (Å²) < 4.78 is 53.3. The third-order valence-corrected chi connectivity index (χ3v) is 7.75. The predicted molar refractivity (Wildman–Crippen MR) is 128 cm³/mol. The number of benzene rings is 1. The number of likely N-dealkylation sites (tertiary alicyclic amines) is 2. The molecule has 0 unspecified atom stereocenters. The number of hydrogen-bond acceptors (Lipinski definition) is 5. The molecule has 3 heterocycles. The van der Waals surface area contributed by atoms with Crippen molar-refractivity contribution in [2.45, 2.75) is 64.6 Å². The smallest absolute Gasteiger partial charge is 0.338 e. The number of nitrogens with zero attached hydrogens (tertiary/aromatic N) is 3. The number of H-pyrrole nitrogens is 1. The van der Waals surface area contributed by atoms with E-state index >= 15 is 0 Å². The Balaban J connectivity index is 1.47. The monoisotopic (exact) mass is 539 g/mol. The van der Waals surface area contributed by atoms with Crippen LogP contribution in [0, 0.1) is 19.7 Å². The summed E-state index contributed by atoms with van der Waals surface area (Å²) in [6, 6.07) is 3.86. The fourth-order valence-electron chi connectivity index (χ4n) is 5.39. The Hall–Kier alpha value is -3.28. The maximum Gasteiger partial charge on any atom is 0.497 e. The van der Waals surface area contributed by atoms with E-state index in [1.54, 1.807) is 19.9 Å². The molecule has 1 aromatic heterocycles. The zero-order valence-electron chi connectivity index (χ0n) is 21.4. The Kier molecular flexibility index (Phi) is 7.91. The summed E-state index contributed by atoms with van der Waals surface area (Å²) in [4.78, 5) is 43.3. The van der Waals surface area contributed by atoms with Gasteiger partial charge in [-0.3, -0.25) is 14.4 Å². The minimum Gasteiger partial charge on any atom is -0.338 e. The zero-order chi connectivity index (χ0) is 27.7. The molecule has 1 aromatic carbocycles. The number of quaternary nitrogens is 1. The summed E-state index contributed by atoms with van der Waals surface area (Å²) in [5.74, 6) is -3.39. The maximum absolute atomic E-state index is 14.7. The molecule has 0 atom stereocenters. The zero-order valence-corrected chi connectivity index (χ0v) is 21.4. The second-order valence-corrected chi connectivity index (χ2v) is 10.1. The maximum atomic E-state index is 14.7. The normalized spacial score (nSPS) is 18.3. The van der Waals surface area contributed by atoms with Crippen LogP contribution in [0.1, 0.15) is 64.8 Å². The predicted octanol–water partition coefficient (Wildman–Crippen LogP) is 3.74. The van der Waals surface area contributed by atoms with Crippen molar-refractivity contribution in [1.29, 1.82) is 0 Å².